The lowest BCUT2D eigenvalue weighted by Crippen LogP contribution is -2.24. The Balaban J connectivity index is 2.24. The van der Waals surface area contributed by atoms with Gasteiger partial charge >= 0.3 is 0 Å². The molecule has 0 aromatic carbocycles. The maximum Gasteiger partial charge on any atom is 0.133 e. The van der Waals surface area contributed by atoms with Crippen LogP contribution in [0.1, 0.15) is 44.2 Å². The minimum atomic E-state index is 0.392. The number of nitrogens with zero attached hydrogens (tertiary/aromatic N) is 2. The summed E-state index contributed by atoms with van der Waals surface area (Å²) in [6.07, 6.45) is 5.50. The highest BCUT2D eigenvalue weighted by atomic mass is 16.1. The van der Waals surface area contributed by atoms with Crippen molar-refractivity contribution < 1.29 is 4.79 Å². The first kappa shape index (κ1) is 10.4. The van der Waals surface area contributed by atoms with Crippen LogP contribution in [-0.2, 0) is 11.8 Å². The molecule has 1 aromatic rings. The van der Waals surface area contributed by atoms with Crippen molar-refractivity contribution in [3.05, 3.63) is 18.0 Å². The van der Waals surface area contributed by atoms with Gasteiger partial charge in [0.15, 0.2) is 0 Å². The molecule has 0 bridgehead atoms. The molecule has 0 spiro atoms. The third-order valence-electron chi connectivity index (χ3n) is 3.57. The standard InChI is InChI=1S/C12H18N2O/c1-3-9-4-5-10(15)8-11(9)12-6-7-13-14(12)2/h6-7,9,11H,3-5,8H2,1-2H3. The van der Waals surface area contributed by atoms with Crippen LogP contribution in [0, 0.1) is 5.92 Å². The second-order valence-corrected chi connectivity index (χ2v) is 4.44. The van der Waals surface area contributed by atoms with E-state index in [-0.39, 0.29) is 0 Å². The van der Waals surface area contributed by atoms with E-state index in [1.165, 1.54) is 5.69 Å². The summed E-state index contributed by atoms with van der Waals surface area (Å²) in [4.78, 5) is 11.5. The van der Waals surface area contributed by atoms with Gasteiger partial charge in [0, 0.05) is 37.7 Å². The van der Waals surface area contributed by atoms with E-state index in [4.69, 9.17) is 0 Å². The van der Waals surface area contributed by atoms with Crippen LogP contribution in [0.5, 0.6) is 0 Å². The van der Waals surface area contributed by atoms with Gasteiger partial charge in [0.05, 0.1) is 0 Å². The van der Waals surface area contributed by atoms with Gasteiger partial charge in [0.2, 0.25) is 0 Å². The van der Waals surface area contributed by atoms with Gasteiger partial charge in [-0.05, 0) is 18.4 Å². The average molecular weight is 206 g/mol. The zero-order valence-corrected chi connectivity index (χ0v) is 9.44. The molecule has 0 radical (unpaired) electrons. The summed E-state index contributed by atoms with van der Waals surface area (Å²) in [6.45, 7) is 2.21. The summed E-state index contributed by atoms with van der Waals surface area (Å²) < 4.78 is 1.91. The smallest absolute Gasteiger partial charge is 0.133 e. The Kier molecular flexibility index (Phi) is 2.89. The van der Waals surface area contributed by atoms with Crippen molar-refractivity contribution in [2.45, 2.75) is 38.5 Å². The number of aryl methyl sites for hydroxylation is 1. The van der Waals surface area contributed by atoms with Gasteiger partial charge in [-0.3, -0.25) is 9.48 Å². The Labute approximate surface area is 90.5 Å². The van der Waals surface area contributed by atoms with Crippen molar-refractivity contribution in [3.8, 4) is 0 Å². The molecule has 2 unspecified atom stereocenters. The normalized spacial score (nSPS) is 26.9. The molecular weight excluding hydrogens is 188 g/mol. The summed E-state index contributed by atoms with van der Waals surface area (Å²) in [7, 11) is 1.96. The number of rotatable bonds is 2. The fraction of sp³-hybridized carbons (Fsp3) is 0.667. The molecule has 0 amide bonds. The van der Waals surface area contributed by atoms with Gasteiger partial charge < -0.3 is 0 Å². The SMILES string of the molecule is CCC1CCC(=O)CC1c1ccnn1C. The summed E-state index contributed by atoms with van der Waals surface area (Å²) in [5.41, 5.74) is 1.22. The van der Waals surface area contributed by atoms with Gasteiger partial charge in [0.1, 0.15) is 5.78 Å². The van der Waals surface area contributed by atoms with E-state index >= 15 is 0 Å². The van der Waals surface area contributed by atoms with E-state index in [0.717, 1.165) is 19.3 Å². The van der Waals surface area contributed by atoms with Crippen LogP contribution in [0.3, 0.4) is 0 Å². The number of hydrogen-bond donors (Lipinski definition) is 0. The lowest BCUT2D eigenvalue weighted by molar-refractivity contribution is -0.121. The Morgan fingerprint density at radius 1 is 1.60 bits per heavy atom. The highest BCUT2D eigenvalue weighted by molar-refractivity contribution is 5.80. The van der Waals surface area contributed by atoms with Crippen LogP contribution in [0.4, 0.5) is 0 Å². The van der Waals surface area contributed by atoms with Gasteiger partial charge in [0.25, 0.3) is 0 Å². The van der Waals surface area contributed by atoms with E-state index in [9.17, 15) is 4.79 Å². The van der Waals surface area contributed by atoms with Gasteiger partial charge in [-0.25, -0.2) is 0 Å². The van der Waals surface area contributed by atoms with Crippen molar-refractivity contribution in [2.75, 3.05) is 0 Å². The lowest BCUT2D eigenvalue weighted by Gasteiger charge is -2.30. The minimum absolute atomic E-state index is 0.392. The van der Waals surface area contributed by atoms with E-state index in [2.05, 4.69) is 12.0 Å². The highest BCUT2D eigenvalue weighted by Gasteiger charge is 2.30. The van der Waals surface area contributed by atoms with Crippen molar-refractivity contribution in [3.63, 3.8) is 0 Å². The van der Waals surface area contributed by atoms with Crippen LogP contribution >= 0.6 is 0 Å². The highest BCUT2D eigenvalue weighted by Crippen LogP contribution is 2.37. The summed E-state index contributed by atoms with van der Waals surface area (Å²) in [5, 5.41) is 4.19. The zero-order valence-electron chi connectivity index (χ0n) is 9.44. The molecule has 3 heteroatoms. The van der Waals surface area contributed by atoms with Crippen molar-refractivity contribution >= 4 is 5.78 Å². The van der Waals surface area contributed by atoms with E-state index in [1.807, 2.05) is 24.0 Å². The zero-order chi connectivity index (χ0) is 10.8. The third kappa shape index (κ3) is 1.96. The first-order valence-electron chi connectivity index (χ1n) is 5.72. The first-order valence-corrected chi connectivity index (χ1v) is 5.72. The molecular formula is C12H18N2O. The van der Waals surface area contributed by atoms with E-state index < -0.39 is 0 Å². The number of hydrogen-bond acceptors (Lipinski definition) is 2. The monoisotopic (exact) mass is 206 g/mol. The Hall–Kier alpha value is -1.12. The number of ketones is 1. The predicted octanol–water partition coefficient (Wildman–Crippen LogP) is 2.28. The number of carbonyl (C=O) groups excluding carboxylic acids is 1. The summed E-state index contributed by atoms with van der Waals surface area (Å²) >= 11 is 0. The Morgan fingerprint density at radius 3 is 3.00 bits per heavy atom. The molecule has 3 nitrogen and oxygen atoms in total. The average Bonchev–Trinajstić information content (AvgIpc) is 2.64. The molecule has 1 aliphatic rings. The first-order chi connectivity index (χ1) is 7.22. The molecule has 2 rings (SSSR count). The van der Waals surface area contributed by atoms with Gasteiger partial charge in [-0.15, -0.1) is 0 Å². The van der Waals surface area contributed by atoms with Gasteiger partial charge in [-0.2, -0.15) is 5.10 Å². The van der Waals surface area contributed by atoms with Crippen molar-refractivity contribution in [1.82, 2.24) is 9.78 Å². The lowest BCUT2D eigenvalue weighted by atomic mass is 9.75. The van der Waals surface area contributed by atoms with Crippen LogP contribution < -0.4 is 0 Å². The Morgan fingerprint density at radius 2 is 2.40 bits per heavy atom. The maximum absolute atomic E-state index is 11.5. The second kappa shape index (κ2) is 4.17. The second-order valence-electron chi connectivity index (χ2n) is 4.44. The fourth-order valence-corrected chi connectivity index (χ4v) is 2.64. The van der Waals surface area contributed by atoms with E-state index in [0.29, 0.717) is 24.0 Å². The Bertz CT molecular complexity index is 356. The fourth-order valence-electron chi connectivity index (χ4n) is 2.64. The molecule has 2 atom stereocenters. The molecule has 1 fully saturated rings. The third-order valence-corrected chi connectivity index (χ3v) is 3.57. The quantitative estimate of drug-likeness (QED) is 0.744. The van der Waals surface area contributed by atoms with Crippen LogP contribution in [0.25, 0.3) is 0 Å². The van der Waals surface area contributed by atoms with Crippen LogP contribution in [0.2, 0.25) is 0 Å². The van der Waals surface area contributed by atoms with E-state index in [1.54, 1.807) is 0 Å². The van der Waals surface area contributed by atoms with Crippen molar-refractivity contribution in [1.29, 1.82) is 0 Å². The molecule has 15 heavy (non-hydrogen) atoms. The molecule has 1 aromatic heterocycles. The number of carbonyl (C=O) groups is 1. The minimum Gasteiger partial charge on any atom is -0.300 e. The molecule has 0 aliphatic heterocycles. The summed E-state index contributed by atoms with van der Waals surface area (Å²) in [6, 6.07) is 2.05. The molecule has 1 saturated carbocycles. The topological polar surface area (TPSA) is 34.9 Å². The summed E-state index contributed by atoms with van der Waals surface area (Å²) in [5.74, 6) is 1.45. The molecule has 0 saturated heterocycles. The molecule has 0 N–H and O–H groups in total. The molecule has 1 aliphatic carbocycles. The van der Waals surface area contributed by atoms with Crippen LogP contribution in [-0.4, -0.2) is 15.6 Å². The van der Waals surface area contributed by atoms with Crippen molar-refractivity contribution in [2.24, 2.45) is 13.0 Å². The molecule has 1 heterocycles. The maximum atomic E-state index is 11.5. The predicted molar refractivity (Wildman–Crippen MR) is 58.6 cm³/mol. The van der Waals surface area contributed by atoms with Crippen LogP contribution in [0.15, 0.2) is 12.3 Å². The number of Topliss-reactive ketones (excluding diaryl/α,β-unsaturated/α-hetero) is 1. The largest absolute Gasteiger partial charge is 0.300 e. The van der Waals surface area contributed by atoms with Gasteiger partial charge in [-0.1, -0.05) is 13.3 Å². The number of aromatic nitrogens is 2. The molecule has 82 valence electrons.